The summed E-state index contributed by atoms with van der Waals surface area (Å²) >= 11 is 0. The fraction of sp³-hybridized carbons (Fsp3) is 0.500. The highest BCUT2D eigenvalue weighted by Crippen LogP contribution is 2.19. The summed E-state index contributed by atoms with van der Waals surface area (Å²) in [5, 5.41) is 2.15. The van der Waals surface area contributed by atoms with E-state index >= 15 is 0 Å². The van der Waals surface area contributed by atoms with E-state index in [1.165, 1.54) is 0 Å². The molecule has 2 rings (SSSR count). The zero-order chi connectivity index (χ0) is 15.3. The highest BCUT2D eigenvalue weighted by Gasteiger charge is 2.31. The van der Waals surface area contributed by atoms with Crippen LogP contribution in [-0.4, -0.2) is 38.5 Å². The summed E-state index contributed by atoms with van der Waals surface area (Å²) in [7, 11) is -3.03. The van der Waals surface area contributed by atoms with Gasteiger partial charge in [-0.1, -0.05) is 18.2 Å². The molecule has 0 saturated carbocycles. The lowest BCUT2D eigenvalue weighted by atomic mass is 10.2. The predicted molar refractivity (Wildman–Crippen MR) is 79.6 cm³/mol. The molecule has 0 bridgehead atoms. The number of nitrogens with two attached hydrogens (primary N) is 1. The maximum atomic E-state index is 11.7. The zero-order valence-corrected chi connectivity index (χ0v) is 12.6. The maximum absolute atomic E-state index is 11.7. The maximum Gasteiger partial charge on any atom is 0.257 e. The van der Waals surface area contributed by atoms with Crippen molar-refractivity contribution < 1.29 is 17.9 Å². The molecule has 116 valence electrons. The minimum atomic E-state index is -3.03. The van der Waals surface area contributed by atoms with Gasteiger partial charge in [-0.2, -0.15) is 0 Å². The minimum Gasteiger partial charge on any atom is -0.483 e. The van der Waals surface area contributed by atoms with Crippen molar-refractivity contribution in [2.24, 2.45) is 5.73 Å². The number of hydrogen-bond donors (Lipinski definition) is 2. The van der Waals surface area contributed by atoms with Crippen molar-refractivity contribution in [1.82, 2.24) is 5.32 Å². The minimum absolute atomic E-state index is 0.149. The van der Waals surface area contributed by atoms with Crippen LogP contribution < -0.4 is 15.8 Å². The highest BCUT2D eigenvalue weighted by molar-refractivity contribution is 7.92. The molecule has 7 heteroatoms. The summed E-state index contributed by atoms with van der Waals surface area (Å²) in [5.74, 6) is 0.459. The topological polar surface area (TPSA) is 98.5 Å². The van der Waals surface area contributed by atoms with Crippen molar-refractivity contribution in [3.05, 3.63) is 29.8 Å². The molecule has 0 spiro atoms. The fourth-order valence-electron chi connectivity index (χ4n) is 2.32. The summed E-state index contributed by atoms with van der Waals surface area (Å²) < 4.78 is 28.7. The molecule has 1 atom stereocenters. The Labute approximate surface area is 124 Å². The van der Waals surface area contributed by atoms with E-state index in [1.54, 1.807) is 12.1 Å². The van der Waals surface area contributed by atoms with E-state index in [0.717, 1.165) is 5.56 Å². The first kappa shape index (κ1) is 15.8. The molecule has 6 nitrogen and oxygen atoms in total. The number of carbonyl (C=O) groups is 1. The van der Waals surface area contributed by atoms with Gasteiger partial charge in [0.1, 0.15) is 5.75 Å². The largest absolute Gasteiger partial charge is 0.483 e. The smallest absolute Gasteiger partial charge is 0.257 e. The second kappa shape index (κ2) is 6.91. The molecule has 0 radical (unpaired) electrons. The van der Waals surface area contributed by atoms with Crippen molar-refractivity contribution >= 4 is 15.7 Å². The Kier molecular flexibility index (Phi) is 5.19. The molecule has 21 heavy (non-hydrogen) atoms. The average molecular weight is 312 g/mol. The number of para-hydroxylation sites is 1. The van der Waals surface area contributed by atoms with Gasteiger partial charge in [-0.25, -0.2) is 8.42 Å². The molecular formula is C14H20N2O4S. The number of rotatable bonds is 6. The quantitative estimate of drug-likeness (QED) is 0.783. The number of hydrogen-bond acceptors (Lipinski definition) is 5. The van der Waals surface area contributed by atoms with Crippen molar-refractivity contribution in [3.8, 4) is 5.75 Å². The Morgan fingerprint density at radius 1 is 1.38 bits per heavy atom. The van der Waals surface area contributed by atoms with Crippen LogP contribution in [0, 0.1) is 0 Å². The number of nitrogens with one attached hydrogen (secondary N) is 1. The summed E-state index contributed by atoms with van der Waals surface area (Å²) in [6.45, 7) is 0.338. The first-order chi connectivity index (χ1) is 10.0. The summed E-state index contributed by atoms with van der Waals surface area (Å²) in [6, 6.07) is 7.23. The Balaban J connectivity index is 1.80. The molecule has 1 amide bonds. The van der Waals surface area contributed by atoms with E-state index < -0.39 is 15.1 Å². The van der Waals surface area contributed by atoms with Crippen LogP contribution >= 0.6 is 0 Å². The number of carbonyl (C=O) groups excluding carboxylic acids is 1. The van der Waals surface area contributed by atoms with Crippen LogP contribution in [0.2, 0.25) is 0 Å². The fourth-order valence-corrected chi connectivity index (χ4v) is 4.09. The highest BCUT2D eigenvalue weighted by atomic mass is 32.2. The number of amides is 1. The van der Waals surface area contributed by atoms with Crippen molar-refractivity contribution in [2.45, 2.75) is 24.6 Å². The van der Waals surface area contributed by atoms with Crippen LogP contribution in [0.15, 0.2) is 24.3 Å². The number of benzene rings is 1. The van der Waals surface area contributed by atoms with Gasteiger partial charge >= 0.3 is 0 Å². The predicted octanol–water partition coefficient (Wildman–Crippen LogP) is 0.217. The van der Waals surface area contributed by atoms with Crippen LogP contribution in [0.1, 0.15) is 18.4 Å². The van der Waals surface area contributed by atoms with Crippen molar-refractivity contribution in [1.29, 1.82) is 0 Å². The van der Waals surface area contributed by atoms with Crippen LogP contribution in [0.5, 0.6) is 5.75 Å². The van der Waals surface area contributed by atoms with Gasteiger partial charge in [-0.05, 0) is 18.9 Å². The van der Waals surface area contributed by atoms with E-state index in [4.69, 9.17) is 10.5 Å². The molecule has 1 saturated heterocycles. The molecule has 1 heterocycles. The van der Waals surface area contributed by atoms with Crippen molar-refractivity contribution in [3.63, 3.8) is 0 Å². The van der Waals surface area contributed by atoms with E-state index in [1.807, 2.05) is 12.1 Å². The Morgan fingerprint density at radius 3 is 2.81 bits per heavy atom. The molecule has 1 fully saturated rings. The summed E-state index contributed by atoms with van der Waals surface area (Å²) in [5.41, 5.74) is 6.40. The summed E-state index contributed by atoms with van der Waals surface area (Å²) in [4.78, 5) is 11.7. The molecule has 1 unspecified atom stereocenters. The van der Waals surface area contributed by atoms with E-state index in [-0.39, 0.29) is 24.8 Å². The van der Waals surface area contributed by atoms with Gasteiger partial charge in [-0.3, -0.25) is 4.79 Å². The van der Waals surface area contributed by atoms with E-state index in [9.17, 15) is 13.2 Å². The Bertz CT molecular complexity index is 601. The van der Waals surface area contributed by atoms with Gasteiger partial charge in [0.15, 0.2) is 16.4 Å². The molecular weight excluding hydrogens is 292 g/mol. The molecule has 1 aromatic rings. The second-order valence-corrected chi connectivity index (χ2v) is 7.44. The molecule has 0 aromatic heterocycles. The summed E-state index contributed by atoms with van der Waals surface area (Å²) in [6.07, 6.45) is 1.28. The molecule has 1 aliphatic rings. The molecule has 1 aliphatic heterocycles. The van der Waals surface area contributed by atoms with Crippen LogP contribution in [-0.2, 0) is 21.2 Å². The van der Waals surface area contributed by atoms with Gasteiger partial charge in [0.25, 0.3) is 5.91 Å². The third-order valence-corrected chi connectivity index (χ3v) is 5.82. The zero-order valence-electron chi connectivity index (χ0n) is 11.7. The molecule has 1 aromatic carbocycles. The van der Waals surface area contributed by atoms with Crippen LogP contribution in [0.4, 0.5) is 0 Å². The average Bonchev–Trinajstić information content (AvgIpc) is 2.82. The normalized spacial score (nSPS) is 20.1. The SMILES string of the molecule is NCc1ccccc1OCC(=O)NCC1CCCS1(=O)=O. The van der Waals surface area contributed by atoms with Gasteiger partial charge in [0.05, 0.1) is 11.0 Å². The van der Waals surface area contributed by atoms with Gasteiger partial charge in [0.2, 0.25) is 0 Å². The van der Waals surface area contributed by atoms with E-state index in [0.29, 0.717) is 25.1 Å². The van der Waals surface area contributed by atoms with Crippen LogP contribution in [0.3, 0.4) is 0 Å². The van der Waals surface area contributed by atoms with Crippen LogP contribution in [0.25, 0.3) is 0 Å². The van der Waals surface area contributed by atoms with Gasteiger partial charge < -0.3 is 15.8 Å². The third kappa shape index (κ3) is 4.18. The lowest BCUT2D eigenvalue weighted by molar-refractivity contribution is -0.123. The monoisotopic (exact) mass is 312 g/mol. The van der Waals surface area contributed by atoms with Crippen molar-refractivity contribution in [2.75, 3.05) is 18.9 Å². The third-order valence-electron chi connectivity index (χ3n) is 3.54. The molecule has 3 N–H and O–H groups in total. The lowest BCUT2D eigenvalue weighted by Crippen LogP contribution is -2.37. The molecule has 0 aliphatic carbocycles. The standard InChI is InChI=1S/C14H20N2O4S/c15-8-11-4-1-2-6-13(11)20-10-14(17)16-9-12-5-3-7-21(12,18)19/h1-2,4,6,12H,3,5,7-10,15H2,(H,16,17). The Morgan fingerprint density at radius 2 is 2.14 bits per heavy atom. The van der Waals surface area contributed by atoms with Gasteiger partial charge in [0, 0.05) is 18.7 Å². The first-order valence-electron chi connectivity index (χ1n) is 6.92. The van der Waals surface area contributed by atoms with E-state index in [2.05, 4.69) is 5.32 Å². The second-order valence-electron chi connectivity index (χ2n) is 5.04. The first-order valence-corrected chi connectivity index (χ1v) is 8.63. The van der Waals surface area contributed by atoms with Gasteiger partial charge in [-0.15, -0.1) is 0 Å². The number of ether oxygens (including phenoxy) is 1. The number of sulfone groups is 1. The lowest BCUT2D eigenvalue weighted by Gasteiger charge is -2.12. The Hall–Kier alpha value is -1.60.